The molecule has 6 nitrogen and oxygen atoms in total. The lowest BCUT2D eigenvalue weighted by atomic mass is 10.2. The van der Waals surface area contributed by atoms with Gasteiger partial charge in [0, 0.05) is 11.4 Å². The summed E-state index contributed by atoms with van der Waals surface area (Å²) < 4.78 is 5.08. The van der Waals surface area contributed by atoms with Crippen LogP contribution in [-0.2, 0) is 19.1 Å². The fraction of sp³-hybridized carbons (Fsp3) is 0.400. The van der Waals surface area contributed by atoms with Crippen LogP contribution in [0.2, 0.25) is 0 Å². The zero-order valence-corrected chi connectivity index (χ0v) is 13.3. The second-order valence-corrected chi connectivity index (χ2v) is 5.78. The first-order valence-electron chi connectivity index (χ1n) is 7.02. The fourth-order valence-electron chi connectivity index (χ4n) is 2.06. The van der Waals surface area contributed by atoms with Crippen LogP contribution in [0, 0.1) is 0 Å². The van der Waals surface area contributed by atoms with Gasteiger partial charge in [-0.15, -0.1) is 11.8 Å². The van der Waals surface area contributed by atoms with Crippen molar-refractivity contribution < 1.29 is 19.1 Å². The minimum absolute atomic E-state index is 0.147. The van der Waals surface area contributed by atoms with Crippen LogP contribution in [0.3, 0.4) is 0 Å². The van der Waals surface area contributed by atoms with Crippen LogP contribution >= 0.6 is 11.8 Å². The lowest BCUT2D eigenvalue weighted by molar-refractivity contribution is -0.153. The van der Waals surface area contributed by atoms with E-state index in [9.17, 15) is 14.4 Å². The maximum atomic E-state index is 12.0. The fourth-order valence-corrected chi connectivity index (χ4v) is 3.00. The Bertz CT molecular complexity index is 591. The molecule has 0 bridgehead atoms. The standard InChI is InChI=1S/C15H18N2O4S/c1-3-16-15(20)10(2)21-14(19)8-17-11-6-4-5-7-12(11)22-9-13(17)18/h4-7,10H,3,8-9H2,1-2H3,(H,16,20)/t10-/m1/s1. The Morgan fingerprint density at radius 1 is 1.41 bits per heavy atom. The van der Waals surface area contributed by atoms with Gasteiger partial charge in [0.1, 0.15) is 6.54 Å². The van der Waals surface area contributed by atoms with Gasteiger partial charge in [0.05, 0.1) is 11.4 Å². The van der Waals surface area contributed by atoms with Crippen LogP contribution in [0.4, 0.5) is 5.69 Å². The molecule has 1 heterocycles. The summed E-state index contributed by atoms with van der Waals surface area (Å²) in [5, 5.41) is 2.58. The second-order valence-electron chi connectivity index (χ2n) is 4.76. The number of fused-ring (bicyclic) bond motifs is 1. The van der Waals surface area contributed by atoms with Gasteiger partial charge < -0.3 is 10.1 Å². The first-order chi connectivity index (χ1) is 10.5. The number of para-hydroxylation sites is 1. The number of rotatable bonds is 5. The summed E-state index contributed by atoms with van der Waals surface area (Å²) in [5.41, 5.74) is 0.700. The van der Waals surface area contributed by atoms with Gasteiger partial charge in [-0.3, -0.25) is 19.3 Å². The van der Waals surface area contributed by atoms with Crippen molar-refractivity contribution in [2.75, 3.05) is 23.7 Å². The molecule has 0 fully saturated rings. The van der Waals surface area contributed by atoms with Crippen molar-refractivity contribution in [3.63, 3.8) is 0 Å². The second kappa shape index (κ2) is 7.31. The van der Waals surface area contributed by atoms with Gasteiger partial charge in [-0.1, -0.05) is 12.1 Å². The van der Waals surface area contributed by atoms with Crippen molar-refractivity contribution in [2.45, 2.75) is 24.8 Å². The highest BCUT2D eigenvalue weighted by Crippen LogP contribution is 2.34. The van der Waals surface area contributed by atoms with Crippen LogP contribution in [-0.4, -0.2) is 42.7 Å². The zero-order chi connectivity index (χ0) is 16.1. The Hall–Kier alpha value is -2.02. The molecule has 118 valence electrons. The largest absolute Gasteiger partial charge is 0.451 e. The Labute approximate surface area is 133 Å². The number of carbonyl (C=O) groups excluding carboxylic acids is 3. The maximum absolute atomic E-state index is 12.0. The molecule has 1 atom stereocenters. The highest BCUT2D eigenvalue weighted by molar-refractivity contribution is 8.00. The van der Waals surface area contributed by atoms with E-state index in [1.54, 1.807) is 13.0 Å². The minimum atomic E-state index is -0.878. The van der Waals surface area contributed by atoms with Crippen molar-refractivity contribution in [2.24, 2.45) is 0 Å². The number of likely N-dealkylation sites (N-methyl/N-ethyl adjacent to an activating group) is 1. The van der Waals surface area contributed by atoms with Crippen molar-refractivity contribution >= 4 is 35.2 Å². The number of ether oxygens (including phenoxy) is 1. The molecule has 22 heavy (non-hydrogen) atoms. The molecule has 0 aromatic heterocycles. The number of thioether (sulfide) groups is 1. The number of anilines is 1. The summed E-state index contributed by atoms with van der Waals surface area (Å²) in [6.07, 6.45) is -0.878. The molecule has 1 aromatic carbocycles. The van der Waals surface area contributed by atoms with E-state index >= 15 is 0 Å². The molecular formula is C15H18N2O4S. The number of hydrogen-bond acceptors (Lipinski definition) is 5. The average Bonchev–Trinajstić information content (AvgIpc) is 2.50. The smallest absolute Gasteiger partial charge is 0.326 e. The summed E-state index contributed by atoms with van der Waals surface area (Å²) in [7, 11) is 0. The van der Waals surface area contributed by atoms with Gasteiger partial charge in [0.15, 0.2) is 6.10 Å². The lowest BCUT2D eigenvalue weighted by Crippen LogP contribution is -2.42. The molecule has 0 radical (unpaired) electrons. The SMILES string of the molecule is CCNC(=O)[C@@H](C)OC(=O)CN1C(=O)CSc2ccccc21. The van der Waals surface area contributed by atoms with Crippen LogP contribution < -0.4 is 10.2 Å². The van der Waals surface area contributed by atoms with E-state index in [2.05, 4.69) is 5.32 Å². The molecule has 1 N–H and O–H groups in total. The lowest BCUT2D eigenvalue weighted by Gasteiger charge is -2.28. The molecule has 0 saturated carbocycles. The van der Waals surface area contributed by atoms with Crippen LogP contribution in [0.5, 0.6) is 0 Å². The van der Waals surface area contributed by atoms with E-state index in [1.165, 1.54) is 23.6 Å². The molecule has 1 aromatic rings. The third-order valence-electron chi connectivity index (χ3n) is 3.12. The van der Waals surface area contributed by atoms with E-state index in [0.29, 0.717) is 12.2 Å². The van der Waals surface area contributed by atoms with Gasteiger partial charge in [-0.2, -0.15) is 0 Å². The summed E-state index contributed by atoms with van der Waals surface area (Å²) >= 11 is 1.45. The first kappa shape index (κ1) is 16.4. The Morgan fingerprint density at radius 3 is 2.86 bits per heavy atom. The van der Waals surface area contributed by atoms with Gasteiger partial charge in [-0.25, -0.2) is 0 Å². The molecule has 7 heteroatoms. The first-order valence-corrected chi connectivity index (χ1v) is 8.01. The molecule has 1 aliphatic heterocycles. The summed E-state index contributed by atoms with van der Waals surface area (Å²) in [4.78, 5) is 37.9. The number of hydrogen-bond donors (Lipinski definition) is 1. The van der Waals surface area contributed by atoms with Crippen molar-refractivity contribution in [1.82, 2.24) is 5.32 Å². The van der Waals surface area contributed by atoms with E-state index in [1.807, 2.05) is 18.2 Å². The molecular weight excluding hydrogens is 304 g/mol. The van der Waals surface area contributed by atoms with Crippen molar-refractivity contribution in [3.05, 3.63) is 24.3 Å². The van der Waals surface area contributed by atoms with E-state index in [0.717, 1.165) is 4.90 Å². The predicted molar refractivity (Wildman–Crippen MR) is 83.8 cm³/mol. The van der Waals surface area contributed by atoms with Crippen molar-refractivity contribution in [3.8, 4) is 0 Å². The molecule has 0 spiro atoms. The number of esters is 1. The minimum Gasteiger partial charge on any atom is -0.451 e. The van der Waals surface area contributed by atoms with E-state index in [4.69, 9.17) is 4.74 Å². The van der Waals surface area contributed by atoms with Gasteiger partial charge >= 0.3 is 5.97 Å². The topological polar surface area (TPSA) is 75.7 Å². The molecule has 0 unspecified atom stereocenters. The quantitative estimate of drug-likeness (QED) is 0.824. The predicted octanol–water partition coefficient (Wildman–Crippen LogP) is 1.19. The summed E-state index contributed by atoms with van der Waals surface area (Å²) in [6.45, 7) is 3.56. The molecule has 0 saturated heterocycles. The van der Waals surface area contributed by atoms with Gasteiger partial charge in [0.2, 0.25) is 5.91 Å². The van der Waals surface area contributed by atoms with Crippen LogP contribution in [0.1, 0.15) is 13.8 Å². The number of benzene rings is 1. The Morgan fingerprint density at radius 2 is 2.14 bits per heavy atom. The van der Waals surface area contributed by atoms with Gasteiger partial charge in [0.25, 0.3) is 5.91 Å². The third kappa shape index (κ3) is 3.79. The number of nitrogens with zero attached hydrogens (tertiary/aromatic N) is 1. The summed E-state index contributed by atoms with van der Waals surface area (Å²) in [6, 6.07) is 7.39. The average molecular weight is 322 g/mol. The normalized spacial score (nSPS) is 15.0. The monoisotopic (exact) mass is 322 g/mol. The van der Waals surface area contributed by atoms with E-state index in [-0.39, 0.29) is 24.1 Å². The number of carbonyl (C=O) groups is 3. The highest BCUT2D eigenvalue weighted by Gasteiger charge is 2.28. The van der Waals surface area contributed by atoms with Gasteiger partial charge in [-0.05, 0) is 26.0 Å². The Kier molecular flexibility index (Phi) is 5.43. The summed E-state index contributed by atoms with van der Waals surface area (Å²) in [5.74, 6) is -0.812. The van der Waals surface area contributed by atoms with E-state index < -0.39 is 12.1 Å². The molecule has 1 aliphatic rings. The van der Waals surface area contributed by atoms with Crippen molar-refractivity contribution in [1.29, 1.82) is 0 Å². The number of nitrogens with one attached hydrogen (secondary N) is 1. The zero-order valence-electron chi connectivity index (χ0n) is 12.5. The Balaban J connectivity index is 2.02. The third-order valence-corrected chi connectivity index (χ3v) is 4.17. The highest BCUT2D eigenvalue weighted by atomic mass is 32.2. The number of amides is 2. The molecule has 2 rings (SSSR count). The molecule has 2 amide bonds. The van der Waals surface area contributed by atoms with Crippen LogP contribution in [0.15, 0.2) is 29.2 Å². The maximum Gasteiger partial charge on any atom is 0.326 e. The molecule has 0 aliphatic carbocycles. The van der Waals surface area contributed by atoms with Crippen LogP contribution in [0.25, 0.3) is 0 Å².